The molecule has 1 aromatic rings. The molecule has 1 saturated heterocycles. The van der Waals surface area contributed by atoms with Crippen LogP contribution in [0.1, 0.15) is 30.3 Å². The summed E-state index contributed by atoms with van der Waals surface area (Å²) >= 11 is 5.81. The first-order chi connectivity index (χ1) is 9.99. The number of likely N-dealkylation sites (tertiary alicyclic amines) is 1. The average Bonchev–Trinajstić information content (AvgIpc) is 2.46. The minimum absolute atomic E-state index is 0.0124. The van der Waals surface area contributed by atoms with Gasteiger partial charge < -0.3 is 15.0 Å². The maximum atomic E-state index is 11.5. The molecule has 1 aromatic heterocycles. The first-order valence-corrected chi connectivity index (χ1v) is 7.02. The first-order valence-electron chi connectivity index (χ1n) is 6.64. The monoisotopic (exact) mass is 312 g/mol. The van der Waals surface area contributed by atoms with Crippen molar-refractivity contribution in [2.45, 2.75) is 25.8 Å². The van der Waals surface area contributed by atoms with Gasteiger partial charge in [0, 0.05) is 32.1 Å². The third-order valence-electron chi connectivity index (χ3n) is 3.39. The number of methoxy groups -OCH3 is 1. The second kappa shape index (κ2) is 6.71. The van der Waals surface area contributed by atoms with Crippen LogP contribution < -0.4 is 5.32 Å². The van der Waals surface area contributed by atoms with E-state index >= 15 is 0 Å². The summed E-state index contributed by atoms with van der Waals surface area (Å²) in [6.07, 6.45) is 1.63. The van der Waals surface area contributed by atoms with Crippen LogP contribution >= 0.6 is 11.6 Å². The van der Waals surface area contributed by atoms with Crippen molar-refractivity contribution >= 4 is 29.3 Å². The molecule has 0 bridgehead atoms. The molecule has 0 aromatic carbocycles. The van der Waals surface area contributed by atoms with Gasteiger partial charge in [-0.05, 0) is 24.4 Å². The molecule has 1 fully saturated rings. The highest BCUT2D eigenvalue weighted by atomic mass is 35.5. The van der Waals surface area contributed by atoms with E-state index < -0.39 is 5.97 Å². The van der Waals surface area contributed by atoms with Crippen LogP contribution in [0.2, 0.25) is 5.28 Å². The summed E-state index contributed by atoms with van der Waals surface area (Å²) in [5.74, 6) is 0.0110. The molecule has 0 unspecified atom stereocenters. The molecule has 2 heterocycles. The Morgan fingerprint density at radius 2 is 2.05 bits per heavy atom. The van der Waals surface area contributed by atoms with Crippen molar-refractivity contribution < 1.29 is 14.3 Å². The number of hydrogen-bond acceptors (Lipinski definition) is 6. The van der Waals surface area contributed by atoms with Crippen LogP contribution in [-0.4, -0.2) is 53.0 Å². The topological polar surface area (TPSA) is 84.4 Å². The van der Waals surface area contributed by atoms with Crippen LogP contribution in [0.3, 0.4) is 0 Å². The Morgan fingerprint density at radius 3 is 2.62 bits per heavy atom. The standard InChI is InChI=1S/C13H17ClN4O3/c1-8(19)18-5-3-9(4-6-18)15-11-7-10(12(20)21-2)16-13(14)17-11/h7,9H,3-6H2,1-2H3,(H,15,16,17). The lowest BCUT2D eigenvalue weighted by Gasteiger charge is -2.31. The summed E-state index contributed by atoms with van der Waals surface area (Å²) in [4.78, 5) is 32.4. The molecule has 0 aliphatic carbocycles. The van der Waals surface area contributed by atoms with Gasteiger partial charge >= 0.3 is 5.97 Å². The van der Waals surface area contributed by atoms with Gasteiger partial charge in [0.15, 0.2) is 5.69 Å². The quantitative estimate of drug-likeness (QED) is 0.670. The highest BCUT2D eigenvalue weighted by Crippen LogP contribution is 2.17. The SMILES string of the molecule is COC(=O)c1cc(NC2CCN(C(C)=O)CC2)nc(Cl)n1. The van der Waals surface area contributed by atoms with Crippen LogP contribution in [0.15, 0.2) is 6.07 Å². The Morgan fingerprint density at radius 1 is 1.38 bits per heavy atom. The smallest absolute Gasteiger partial charge is 0.356 e. The molecule has 2 rings (SSSR count). The molecule has 1 aliphatic heterocycles. The number of anilines is 1. The predicted molar refractivity (Wildman–Crippen MR) is 77.3 cm³/mol. The minimum Gasteiger partial charge on any atom is -0.464 e. The van der Waals surface area contributed by atoms with E-state index in [1.165, 1.54) is 13.2 Å². The van der Waals surface area contributed by atoms with Crippen LogP contribution in [0.5, 0.6) is 0 Å². The highest BCUT2D eigenvalue weighted by molar-refractivity contribution is 6.28. The largest absolute Gasteiger partial charge is 0.464 e. The normalized spacial score (nSPS) is 15.7. The van der Waals surface area contributed by atoms with E-state index in [-0.39, 0.29) is 22.9 Å². The number of carbonyl (C=O) groups excluding carboxylic acids is 2. The van der Waals surface area contributed by atoms with Gasteiger partial charge in [-0.2, -0.15) is 0 Å². The van der Waals surface area contributed by atoms with E-state index in [1.54, 1.807) is 6.92 Å². The van der Waals surface area contributed by atoms with E-state index in [0.29, 0.717) is 18.9 Å². The molecule has 7 nitrogen and oxygen atoms in total. The molecule has 0 spiro atoms. The molecule has 8 heteroatoms. The van der Waals surface area contributed by atoms with Crippen molar-refractivity contribution in [1.82, 2.24) is 14.9 Å². The number of carbonyl (C=O) groups is 2. The molecule has 114 valence electrons. The van der Waals surface area contributed by atoms with Gasteiger partial charge in [-0.25, -0.2) is 14.8 Å². The number of nitrogens with one attached hydrogen (secondary N) is 1. The summed E-state index contributed by atoms with van der Waals surface area (Å²) < 4.78 is 4.62. The van der Waals surface area contributed by atoms with Gasteiger partial charge in [0.2, 0.25) is 11.2 Å². The summed E-state index contributed by atoms with van der Waals surface area (Å²) in [6, 6.07) is 1.69. The van der Waals surface area contributed by atoms with Crippen LogP contribution in [-0.2, 0) is 9.53 Å². The van der Waals surface area contributed by atoms with Crippen molar-refractivity contribution in [3.8, 4) is 0 Å². The van der Waals surface area contributed by atoms with E-state index in [4.69, 9.17) is 11.6 Å². The third kappa shape index (κ3) is 4.04. The predicted octanol–water partition coefficient (Wildman–Crippen LogP) is 1.34. The molecule has 1 aliphatic rings. The second-order valence-corrected chi connectivity index (χ2v) is 5.16. The lowest BCUT2D eigenvalue weighted by molar-refractivity contribution is -0.129. The minimum atomic E-state index is -0.561. The fourth-order valence-electron chi connectivity index (χ4n) is 2.25. The number of aromatic nitrogens is 2. The van der Waals surface area contributed by atoms with Crippen molar-refractivity contribution in [2.24, 2.45) is 0 Å². The van der Waals surface area contributed by atoms with Crippen molar-refractivity contribution in [2.75, 3.05) is 25.5 Å². The number of piperidine rings is 1. The van der Waals surface area contributed by atoms with Gasteiger partial charge in [0.05, 0.1) is 7.11 Å². The van der Waals surface area contributed by atoms with E-state index in [9.17, 15) is 9.59 Å². The zero-order valence-corrected chi connectivity index (χ0v) is 12.7. The Bertz CT molecular complexity index is 544. The number of amides is 1. The van der Waals surface area contributed by atoms with Gasteiger partial charge in [-0.3, -0.25) is 4.79 Å². The number of nitrogens with zero attached hydrogens (tertiary/aromatic N) is 3. The second-order valence-electron chi connectivity index (χ2n) is 4.82. The molecule has 21 heavy (non-hydrogen) atoms. The van der Waals surface area contributed by atoms with Crippen LogP contribution in [0.25, 0.3) is 0 Å². The number of rotatable bonds is 3. The maximum absolute atomic E-state index is 11.5. The molecular formula is C13H17ClN4O3. The highest BCUT2D eigenvalue weighted by Gasteiger charge is 2.21. The first kappa shape index (κ1) is 15.5. The summed E-state index contributed by atoms with van der Waals surface area (Å²) in [6.45, 7) is 2.98. The number of ether oxygens (including phenoxy) is 1. The molecule has 1 N–H and O–H groups in total. The van der Waals surface area contributed by atoms with Crippen LogP contribution in [0.4, 0.5) is 5.82 Å². The van der Waals surface area contributed by atoms with Gasteiger partial charge in [-0.15, -0.1) is 0 Å². The summed E-state index contributed by atoms with van der Waals surface area (Å²) in [7, 11) is 1.28. The number of esters is 1. The van der Waals surface area contributed by atoms with Crippen molar-refractivity contribution in [1.29, 1.82) is 0 Å². The molecule has 0 atom stereocenters. The van der Waals surface area contributed by atoms with E-state index in [2.05, 4.69) is 20.0 Å². The fraction of sp³-hybridized carbons (Fsp3) is 0.538. The zero-order valence-electron chi connectivity index (χ0n) is 11.9. The lowest BCUT2D eigenvalue weighted by Crippen LogP contribution is -2.41. The van der Waals surface area contributed by atoms with E-state index in [0.717, 1.165) is 12.8 Å². The Labute approximate surface area is 127 Å². The third-order valence-corrected chi connectivity index (χ3v) is 3.55. The number of hydrogen-bond donors (Lipinski definition) is 1. The Balaban J connectivity index is 2.02. The van der Waals surface area contributed by atoms with Gasteiger partial charge in [-0.1, -0.05) is 0 Å². The van der Waals surface area contributed by atoms with Crippen molar-refractivity contribution in [3.05, 3.63) is 17.0 Å². The average molecular weight is 313 g/mol. The zero-order chi connectivity index (χ0) is 15.4. The Kier molecular flexibility index (Phi) is 4.95. The van der Waals surface area contributed by atoms with Gasteiger partial charge in [0.1, 0.15) is 5.82 Å². The van der Waals surface area contributed by atoms with Crippen LogP contribution in [0, 0.1) is 0 Å². The molecule has 0 saturated carbocycles. The molecular weight excluding hydrogens is 296 g/mol. The fourth-order valence-corrected chi connectivity index (χ4v) is 2.43. The maximum Gasteiger partial charge on any atom is 0.356 e. The lowest BCUT2D eigenvalue weighted by atomic mass is 10.1. The summed E-state index contributed by atoms with van der Waals surface area (Å²) in [5.41, 5.74) is 0.112. The summed E-state index contributed by atoms with van der Waals surface area (Å²) in [5, 5.41) is 3.21. The number of halogens is 1. The molecule has 0 radical (unpaired) electrons. The molecule has 1 amide bonds. The van der Waals surface area contributed by atoms with Gasteiger partial charge in [0.25, 0.3) is 0 Å². The van der Waals surface area contributed by atoms with E-state index in [1.807, 2.05) is 4.90 Å². The van der Waals surface area contributed by atoms with Crippen molar-refractivity contribution in [3.63, 3.8) is 0 Å². The Hall–Kier alpha value is -1.89.